The fourth-order valence-electron chi connectivity index (χ4n) is 0.808. The molecule has 0 saturated carbocycles. The van der Waals surface area contributed by atoms with E-state index >= 15 is 0 Å². The molecular weight excluding hydrogens is 215 g/mol. The zero-order chi connectivity index (χ0) is 9.35. The van der Waals surface area contributed by atoms with Gasteiger partial charge in [-0.05, 0) is 33.6 Å². The Kier molecular flexibility index (Phi) is 2.71. The Morgan fingerprint density at radius 2 is 2.00 bits per heavy atom. The first-order valence-corrected chi connectivity index (χ1v) is 6.08. The lowest BCUT2D eigenvalue weighted by molar-refractivity contribution is 0.685. The zero-order valence-corrected chi connectivity index (χ0v) is 8.84. The molecule has 0 saturated heterocycles. The van der Waals surface area contributed by atoms with Gasteiger partial charge in [-0.3, -0.25) is 4.21 Å². The molecular formula is C8H8Cl2OS. The van der Waals surface area contributed by atoms with Gasteiger partial charge in [0.05, 0.1) is 9.92 Å². The van der Waals surface area contributed by atoms with Gasteiger partial charge in [0.25, 0.3) is 0 Å². The highest BCUT2D eigenvalue weighted by molar-refractivity contribution is 7.99. The Bertz CT molecular complexity index is 396. The number of hydrogen-bond acceptors (Lipinski definition) is 1. The molecule has 1 unspecified atom stereocenters. The molecule has 0 amide bonds. The Labute approximate surface area is 82.3 Å². The molecule has 0 aliphatic heterocycles. The standard InChI is InChI=1S/C8H8Cl2OS/c1-12(2,11)8-5-6(9)3-4-7(8)10/h3-5H,1H2,2H3. The molecule has 0 N–H and O–H groups in total. The van der Waals surface area contributed by atoms with Crippen molar-refractivity contribution in [3.63, 3.8) is 0 Å². The van der Waals surface area contributed by atoms with E-state index in [-0.39, 0.29) is 0 Å². The average Bonchev–Trinajstić information content (AvgIpc) is 1.92. The lowest BCUT2D eigenvalue weighted by Gasteiger charge is -2.05. The van der Waals surface area contributed by atoms with Crippen LogP contribution >= 0.6 is 23.2 Å². The maximum Gasteiger partial charge on any atom is 0.0562 e. The van der Waals surface area contributed by atoms with E-state index in [2.05, 4.69) is 5.87 Å². The second-order valence-electron chi connectivity index (χ2n) is 2.58. The molecule has 0 radical (unpaired) electrons. The summed E-state index contributed by atoms with van der Waals surface area (Å²) in [6.07, 6.45) is 1.53. The maximum atomic E-state index is 11.5. The summed E-state index contributed by atoms with van der Waals surface area (Å²) in [6.45, 7) is 0. The molecule has 12 heavy (non-hydrogen) atoms. The molecule has 1 atom stereocenters. The van der Waals surface area contributed by atoms with Crippen LogP contribution in [0.4, 0.5) is 0 Å². The third kappa shape index (κ3) is 2.16. The number of halogens is 2. The highest BCUT2D eigenvalue weighted by atomic mass is 35.5. The second kappa shape index (κ2) is 3.29. The Hall–Kier alpha value is -0.180. The monoisotopic (exact) mass is 222 g/mol. The Balaban J connectivity index is 3.43. The molecule has 0 heterocycles. The highest BCUT2D eigenvalue weighted by Gasteiger charge is 2.06. The van der Waals surface area contributed by atoms with Gasteiger partial charge in [-0.25, -0.2) is 0 Å². The normalized spacial score (nSPS) is 15.6. The molecule has 0 aliphatic rings. The fourth-order valence-corrected chi connectivity index (χ4v) is 2.51. The smallest absolute Gasteiger partial charge is 0.0562 e. The maximum absolute atomic E-state index is 11.5. The summed E-state index contributed by atoms with van der Waals surface area (Å²) >= 11 is 11.5. The summed E-state index contributed by atoms with van der Waals surface area (Å²) in [7, 11) is -2.27. The van der Waals surface area contributed by atoms with Crippen molar-refractivity contribution in [2.45, 2.75) is 4.90 Å². The number of hydrogen-bond donors (Lipinski definition) is 0. The quantitative estimate of drug-likeness (QED) is 0.669. The highest BCUT2D eigenvalue weighted by Crippen LogP contribution is 2.24. The minimum atomic E-state index is -2.27. The first-order chi connectivity index (χ1) is 5.41. The summed E-state index contributed by atoms with van der Waals surface area (Å²) in [5.41, 5.74) is 0. The summed E-state index contributed by atoms with van der Waals surface area (Å²) in [6, 6.07) is 4.85. The molecule has 0 spiro atoms. The van der Waals surface area contributed by atoms with Crippen LogP contribution in [-0.2, 0) is 9.52 Å². The molecule has 1 nitrogen and oxygen atoms in total. The lowest BCUT2D eigenvalue weighted by Crippen LogP contribution is -1.97. The summed E-state index contributed by atoms with van der Waals surface area (Å²) < 4.78 is 11.5. The summed E-state index contributed by atoms with van der Waals surface area (Å²) in [4.78, 5) is 0.511. The van der Waals surface area contributed by atoms with Crippen LogP contribution in [0.15, 0.2) is 23.1 Å². The van der Waals surface area contributed by atoms with Gasteiger partial charge in [0.15, 0.2) is 0 Å². The van der Waals surface area contributed by atoms with Gasteiger partial charge in [-0.2, -0.15) is 0 Å². The summed E-state index contributed by atoms with van der Waals surface area (Å²) in [5.74, 6) is 3.53. The van der Waals surface area contributed by atoms with Gasteiger partial charge < -0.3 is 0 Å². The molecule has 0 fully saturated rings. The van der Waals surface area contributed by atoms with Crippen molar-refractivity contribution in [2.75, 3.05) is 6.26 Å². The van der Waals surface area contributed by atoms with Crippen LogP contribution in [0.1, 0.15) is 0 Å². The molecule has 1 aromatic carbocycles. The molecule has 1 aromatic rings. The molecule has 0 aliphatic carbocycles. The first-order valence-electron chi connectivity index (χ1n) is 3.18. The molecule has 4 heteroatoms. The Morgan fingerprint density at radius 3 is 2.42 bits per heavy atom. The fraction of sp³-hybridized carbons (Fsp3) is 0.125. The average molecular weight is 223 g/mol. The van der Waals surface area contributed by atoms with Crippen LogP contribution in [0.5, 0.6) is 0 Å². The molecule has 66 valence electrons. The van der Waals surface area contributed by atoms with Crippen LogP contribution in [0.3, 0.4) is 0 Å². The predicted octanol–water partition coefficient (Wildman–Crippen LogP) is 2.70. The number of rotatable bonds is 1. The third-order valence-electron chi connectivity index (χ3n) is 1.36. The molecule has 0 aromatic heterocycles. The van der Waals surface area contributed by atoms with E-state index in [9.17, 15) is 4.21 Å². The van der Waals surface area contributed by atoms with E-state index in [1.807, 2.05) is 0 Å². The predicted molar refractivity (Wildman–Crippen MR) is 55.9 cm³/mol. The van der Waals surface area contributed by atoms with Crippen molar-refractivity contribution >= 4 is 38.6 Å². The van der Waals surface area contributed by atoms with Gasteiger partial charge in [-0.15, -0.1) is 0 Å². The van der Waals surface area contributed by atoms with E-state index in [1.54, 1.807) is 18.2 Å². The third-order valence-corrected chi connectivity index (χ3v) is 3.30. The van der Waals surface area contributed by atoms with Gasteiger partial charge in [0.2, 0.25) is 0 Å². The van der Waals surface area contributed by atoms with Crippen LogP contribution in [-0.4, -0.2) is 16.3 Å². The Morgan fingerprint density at radius 1 is 1.42 bits per heavy atom. The van der Waals surface area contributed by atoms with Gasteiger partial charge in [-0.1, -0.05) is 23.2 Å². The minimum Gasteiger partial charge on any atom is -0.263 e. The SMILES string of the molecule is C=S(C)(=O)c1cc(Cl)ccc1Cl. The summed E-state index contributed by atoms with van der Waals surface area (Å²) in [5, 5.41) is 0.967. The van der Waals surface area contributed by atoms with E-state index in [0.29, 0.717) is 14.9 Å². The van der Waals surface area contributed by atoms with Crippen molar-refractivity contribution in [3.8, 4) is 0 Å². The van der Waals surface area contributed by atoms with Crippen LogP contribution in [0.25, 0.3) is 0 Å². The van der Waals surface area contributed by atoms with Crippen molar-refractivity contribution in [1.29, 1.82) is 0 Å². The zero-order valence-electron chi connectivity index (χ0n) is 6.51. The van der Waals surface area contributed by atoms with E-state index in [1.165, 1.54) is 6.26 Å². The van der Waals surface area contributed by atoms with Gasteiger partial charge >= 0.3 is 0 Å². The van der Waals surface area contributed by atoms with Crippen molar-refractivity contribution in [2.24, 2.45) is 0 Å². The van der Waals surface area contributed by atoms with Gasteiger partial charge in [0, 0.05) is 11.3 Å². The molecule has 1 rings (SSSR count). The number of benzene rings is 1. The van der Waals surface area contributed by atoms with Crippen molar-refractivity contribution in [1.82, 2.24) is 0 Å². The van der Waals surface area contributed by atoms with E-state index in [0.717, 1.165) is 0 Å². The molecule has 0 bridgehead atoms. The lowest BCUT2D eigenvalue weighted by atomic mass is 10.4. The van der Waals surface area contributed by atoms with E-state index < -0.39 is 9.52 Å². The van der Waals surface area contributed by atoms with Crippen LogP contribution < -0.4 is 0 Å². The second-order valence-corrected chi connectivity index (χ2v) is 5.87. The topological polar surface area (TPSA) is 17.1 Å². The first kappa shape index (κ1) is 9.90. The van der Waals surface area contributed by atoms with Crippen molar-refractivity contribution < 1.29 is 4.21 Å². The van der Waals surface area contributed by atoms with Gasteiger partial charge in [0.1, 0.15) is 0 Å². The minimum absolute atomic E-state index is 0.446. The van der Waals surface area contributed by atoms with E-state index in [4.69, 9.17) is 23.2 Å². The van der Waals surface area contributed by atoms with Crippen LogP contribution in [0.2, 0.25) is 10.0 Å². The largest absolute Gasteiger partial charge is 0.263 e. The van der Waals surface area contributed by atoms with Crippen molar-refractivity contribution in [3.05, 3.63) is 28.2 Å². The van der Waals surface area contributed by atoms with Crippen LogP contribution in [0, 0.1) is 0 Å².